The van der Waals surface area contributed by atoms with E-state index in [-0.39, 0.29) is 5.56 Å². The highest BCUT2D eigenvalue weighted by Gasteiger charge is 2.31. The first-order valence-corrected chi connectivity index (χ1v) is 11.1. The van der Waals surface area contributed by atoms with E-state index < -0.39 is 11.8 Å². The number of benzene rings is 2. The SMILES string of the molecule is Cc1[nH]n(-c2nc(-c3ccccc3)cs2)c(=O)c1[C@@H](c1ccc(Br)cc1)C(C#N)C#N. The van der Waals surface area contributed by atoms with E-state index in [4.69, 9.17) is 0 Å². The summed E-state index contributed by atoms with van der Waals surface area (Å²) in [5.41, 5.74) is 3.15. The van der Waals surface area contributed by atoms with Gasteiger partial charge in [0.15, 0.2) is 0 Å². The normalized spacial score (nSPS) is 11.8. The molecule has 0 amide bonds. The van der Waals surface area contributed by atoms with Gasteiger partial charge in [-0.2, -0.15) is 15.2 Å². The average molecular weight is 490 g/mol. The summed E-state index contributed by atoms with van der Waals surface area (Å²) in [5, 5.41) is 24.7. The number of nitriles is 2. The molecular weight excluding hydrogens is 474 g/mol. The number of thiazole rings is 1. The predicted octanol–water partition coefficient (Wildman–Crippen LogP) is 5.16. The van der Waals surface area contributed by atoms with Crippen molar-refractivity contribution in [2.24, 2.45) is 5.92 Å². The molecule has 6 nitrogen and oxygen atoms in total. The number of rotatable bonds is 5. The quantitative estimate of drug-likeness (QED) is 0.418. The summed E-state index contributed by atoms with van der Waals surface area (Å²) < 4.78 is 2.26. The Labute approximate surface area is 191 Å². The summed E-state index contributed by atoms with van der Waals surface area (Å²) in [4.78, 5) is 18.0. The van der Waals surface area contributed by atoms with Crippen LogP contribution in [-0.4, -0.2) is 14.8 Å². The van der Waals surface area contributed by atoms with Crippen LogP contribution in [0.3, 0.4) is 0 Å². The van der Waals surface area contributed by atoms with E-state index >= 15 is 0 Å². The topological polar surface area (TPSA) is 98.3 Å². The van der Waals surface area contributed by atoms with Gasteiger partial charge in [0.1, 0.15) is 5.92 Å². The third-order valence-electron chi connectivity index (χ3n) is 5.02. The third-order valence-corrected chi connectivity index (χ3v) is 6.38. The van der Waals surface area contributed by atoms with Crippen molar-refractivity contribution < 1.29 is 0 Å². The van der Waals surface area contributed by atoms with E-state index in [9.17, 15) is 15.3 Å². The molecule has 0 aliphatic carbocycles. The first-order chi connectivity index (χ1) is 15.0. The molecule has 2 heterocycles. The van der Waals surface area contributed by atoms with Crippen molar-refractivity contribution in [1.82, 2.24) is 14.8 Å². The Morgan fingerprint density at radius 1 is 1.10 bits per heavy atom. The van der Waals surface area contributed by atoms with Crippen LogP contribution in [0.4, 0.5) is 0 Å². The minimum atomic E-state index is -1.01. The highest BCUT2D eigenvalue weighted by Crippen LogP contribution is 2.33. The second-order valence-electron chi connectivity index (χ2n) is 6.94. The molecular formula is C23H16BrN5OS. The number of halogens is 1. The van der Waals surface area contributed by atoms with Crippen LogP contribution >= 0.6 is 27.3 Å². The molecule has 31 heavy (non-hydrogen) atoms. The predicted molar refractivity (Wildman–Crippen MR) is 123 cm³/mol. The molecule has 152 valence electrons. The van der Waals surface area contributed by atoms with Gasteiger partial charge < -0.3 is 0 Å². The Morgan fingerprint density at radius 2 is 1.77 bits per heavy atom. The summed E-state index contributed by atoms with van der Waals surface area (Å²) in [6.07, 6.45) is 0. The number of nitrogens with one attached hydrogen (secondary N) is 1. The van der Waals surface area contributed by atoms with Gasteiger partial charge in [0.25, 0.3) is 5.56 Å². The van der Waals surface area contributed by atoms with Gasteiger partial charge in [0, 0.05) is 32.6 Å². The molecule has 0 fully saturated rings. The standard InChI is InChI=1S/C23H16BrN5OS/c1-14-20(21(17(11-25)12-26)16-7-9-18(24)10-8-16)22(30)29(28-14)23-27-19(13-31-23)15-5-3-2-4-6-15/h2-10,13,17,21,28H,1H3/t21-/m0/s1. The molecule has 8 heteroatoms. The molecule has 1 atom stereocenters. The molecule has 1 N–H and O–H groups in total. The van der Waals surface area contributed by atoms with Gasteiger partial charge in [-0.1, -0.05) is 58.4 Å². The minimum absolute atomic E-state index is 0.310. The van der Waals surface area contributed by atoms with Gasteiger partial charge in [-0.05, 0) is 24.6 Å². The van der Waals surface area contributed by atoms with E-state index in [1.54, 1.807) is 6.92 Å². The molecule has 0 bridgehead atoms. The Balaban J connectivity index is 1.82. The molecule has 0 unspecified atom stereocenters. The van der Waals surface area contributed by atoms with Crippen LogP contribution in [0, 0.1) is 35.5 Å². The smallest absolute Gasteiger partial charge is 0.277 e. The minimum Gasteiger partial charge on any atom is -0.293 e. The maximum absolute atomic E-state index is 13.4. The lowest BCUT2D eigenvalue weighted by molar-refractivity contribution is 0.699. The van der Waals surface area contributed by atoms with Gasteiger partial charge in [0.2, 0.25) is 5.13 Å². The first kappa shape index (κ1) is 20.8. The number of aromatic amines is 1. The highest BCUT2D eigenvalue weighted by molar-refractivity contribution is 9.10. The maximum Gasteiger partial charge on any atom is 0.277 e. The fourth-order valence-electron chi connectivity index (χ4n) is 3.54. The molecule has 2 aromatic heterocycles. The number of hydrogen-bond donors (Lipinski definition) is 1. The van der Waals surface area contributed by atoms with Crippen LogP contribution in [0.15, 0.2) is 69.2 Å². The molecule has 0 saturated heterocycles. The van der Waals surface area contributed by atoms with Crippen molar-refractivity contribution in [3.8, 4) is 28.5 Å². The summed E-state index contributed by atoms with van der Waals surface area (Å²) in [6.45, 7) is 1.77. The molecule has 0 saturated carbocycles. The lowest BCUT2D eigenvalue weighted by Crippen LogP contribution is -2.23. The van der Waals surface area contributed by atoms with Gasteiger partial charge in [-0.15, -0.1) is 11.3 Å². The van der Waals surface area contributed by atoms with Crippen molar-refractivity contribution >= 4 is 27.3 Å². The van der Waals surface area contributed by atoms with Crippen molar-refractivity contribution in [1.29, 1.82) is 10.5 Å². The molecule has 0 spiro atoms. The Kier molecular flexibility index (Phi) is 5.85. The second kappa shape index (κ2) is 8.73. The van der Waals surface area contributed by atoms with Crippen LogP contribution in [0.2, 0.25) is 0 Å². The number of H-pyrrole nitrogens is 1. The number of nitrogens with zero attached hydrogens (tertiary/aromatic N) is 4. The Hall–Kier alpha value is -3.46. The zero-order valence-corrected chi connectivity index (χ0v) is 18.8. The third kappa shape index (κ3) is 3.96. The van der Waals surface area contributed by atoms with Crippen LogP contribution in [0.5, 0.6) is 0 Å². The zero-order valence-electron chi connectivity index (χ0n) is 16.4. The van der Waals surface area contributed by atoms with Gasteiger partial charge in [-0.3, -0.25) is 9.89 Å². The van der Waals surface area contributed by atoms with Crippen LogP contribution in [-0.2, 0) is 0 Å². The number of aromatic nitrogens is 3. The number of aryl methyl sites for hydroxylation is 1. The lowest BCUT2D eigenvalue weighted by Gasteiger charge is -2.17. The molecule has 0 radical (unpaired) electrons. The molecule has 4 rings (SSSR count). The summed E-state index contributed by atoms with van der Waals surface area (Å²) >= 11 is 4.75. The average Bonchev–Trinajstić information content (AvgIpc) is 3.38. The first-order valence-electron chi connectivity index (χ1n) is 9.41. The van der Waals surface area contributed by atoms with E-state index in [0.29, 0.717) is 16.4 Å². The van der Waals surface area contributed by atoms with Crippen LogP contribution in [0.25, 0.3) is 16.4 Å². The second-order valence-corrected chi connectivity index (χ2v) is 8.69. The number of hydrogen-bond acceptors (Lipinski definition) is 5. The molecule has 0 aliphatic heterocycles. The van der Waals surface area contributed by atoms with Crippen molar-refractivity contribution in [3.63, 3.8) is 0 Å². The Morgan fingerprint density at radius 3 is 2.42 bits per heavy atom. The van der Waals surface area contributed by atoms with Gasteiger partial charge >= 0.3 is 0 Å². The van der Waals surface area contributed by atoms with E-state index in [2.05, 4.69) is 26.0 Å². The summed E-state index contributed by atoms with van der Waals surface area (Å²) in [7, 11) is 0. The summed E-state index contributed by atoms with van der Waals surface area (Å²) in [6, 6.07) is 21.1. The Bertz CT molecular complexity index is 1340. The van der Waals surface area contributed by atoms with Crippen molar-refractivity contribution in [2.45, 2.75) is 12.8 Å². The zero-order chi connectivity index (χ0) is 22.0. The molecule has 0 aliphatic rings. The fraction of sp³-hybridized carbons (Fsp3) is 0.130. The molecule has 2 aromatic carbocycles. The van der Waals surface area contributed by atoms with Crippen LogP contribution < -0.4 is 5.56 Å². The largest absolute Gasteiger partial charge is 0.293 e. The monoisotopic (exact) mass is 489 g/mol. The van der Waals surface area contributed by atoms with Gasteiger partial charge in [0.05, 0.1) is 17.8 Å². The summed E-state index contributed by atoms with van der Waals surface area (Å²) in [5.74, 6) is -1.69. The maximum atomic E-state index is 13.4. The van der Waals surface area contributed by atoms with E-state index in [1.165, 1.54) is 16.0 Å². The van der Waals surface area contributed by atoms with Crippen molar-refractivity contribution in [3.05, 3.63) is 91.6 Å². The van der Waals surface area contributed by atoms with Crippen LogP contribution in [0.1, 0.15) is 22.7 Å². The van der Waals surface area contributed by atoms with Crippen molar-refractivity contribution in [2.75, 3.05) is 0 Å². The van der Waals surface area contributed by atoms with E-state index in [1.807, 2.05) is 72.1 Å². The van der Waals surface area contributed by atoms with E-state index in [0.717, 1.165) is 21.3 Å². The lowest BCUT2D eigenvalue weighted by atomic mass is 9.82. The van der Waals surface area contributed by atoms with Gasteiger partial charge in [-0.25, -0.2) is 4.98 Å². The fourth-order valence-corrected chi connectivity index (χ4v) is 4.60. The highest BCUT2D eigenvalue weighted by atomic mass is 79.9. The molecule has 4 aromatic rings.